The lowest BCUT2D eigenvalue weighted by Gasteiger charge is -2.00. The number of aromatic hydroxyl groups is 1. The fraction of sp³-hybridized carbons (Fsp3) is 0.214. The van der Waals surface area contributed by atoms with Crippen LogP contribution < -0.4 is 0 Å². The van der Waals surface area contributed by atoms with Crippen LogP contribution in [0.3, 0.4) is 0 Å². The van der Waals surface area contributed by atoms with Gasteiger partial charge in [0.15, 0.2) is 5.78 Å². The van der Waals surface area contributed by atoms with Crippen molar-refractivity contribution >= 4 is 22.7 Å². The first-order valence-electron chi connectivity index (χ1n) is 5.42. The zero-order valence-corrected chi connectivity index (χ0v) is 10.9. The summed E-state index contributed by atoms with van der Waals surface area (Å²) in [6, 6.07) is 0. The molecule has 1 rings (SSSR count). The first kappa shape index (κ1) is 13.5. The molecule has 0 radical (unpaired) electrons. The number of hydrogen-bond donors (Lipinski definition) is 1. The highest BCUT2D eigenvalue weighted by molar-refractivity contribution is 7.12. The van der Waals surface area contributed by atoms with Gasteiger partial charge in [0.1, 0.15) is 5.75 Å². The topological polar surface area (TPSA) is 37.3 Å². The summed E-state index contributed by atoms with van der Waals surface area (Å²) in [7, 11) is 0. The second-order valence-corrected chi connectivity index (χ2v) is 4.43. The molecule has 0 atom stereocenters. The van der Waals surface area contributed by atoms with Crippen LogP contribution in [-0.2, 0) is 0 Å². The zero-order chi connectivity index (χ0) is 12.8. The molecule has 3 heteroatoms. The Hall–Kier alpha value is -1.61. The maximum Gasteiger partial charge on any atom is 0.164 e. The molecular weight excluding hydrogens is 232 g/mol. The molecule has 0 aliphatic heterocycles. The number of thiophene rings is 1. The van der Waals surface area contributed by atoms with E-state index in [1.807, 2.05) is 25.2 Å². The van der Waals surface area contributed by atoms with E-state index in [1.165, 1.54) is 18.3 Å². The van der Waals surface area contributed by atoms with Gasteiger partial charge < -0.3 is 5.11 Å². The third kappa shape index (κ3) is 3.17. The lowest BCUT2D eigenvalue weighted by Crippen LogP contribution is -1.88. The number of Topliss-reactive ketones (excluding diaryl/α,β-unsaturated/α-hetero) is 1. The first-order chi connectivity index (χ1) is 8.11. The van der Waals surface area contributed by atoms with Crippen LogP contribution in [-0.4, -0.2) is 10.9 Å². The molecule has 1 aromatic heterocycles. The highest BCUT2D eigenvalue weighted by atomic mass is 32.1. The largest absolute Gasteiger partial charge is 0.506 e. The average molecular weight is 248 g/mol. The van der Waals surface area contributed by atoms with Crippen LogP contribution in [0.1, 0.15) is 35.5 Å². The van der Waals surface area contributed by atoms with Crippen LogP contribution in [0.5, 0.6) is 5.75 Å². The third-order valence-electron chi connectivity index (χ3n) is 2.24. The molecule has 0 saturated heterocycles. The number of allylic oxidation sites excluding steroid dienone is 5. The summed E-state index contributed by atoms with van der Waals surface area (Å²) < 4.78 is 0. The maximum absolute atomic E-state index is 11.3. The number of carbonyl (C=O) groups excluding carboxylic acids is 1. The summed E-state index contributed by atoms with van der Waals surface area (Å²) in [4.78, 5) is 12.0. The lowest BCUT2D eigenvalue weighted by atomic mass is 10.1. The predicted molar refractivity (Wildman–Crippen MR) is 73.6 cm³/mol. The number of hydrogen-bond acceptors (Lipinski definition) is 3. The van der Waals surface area contributed by atoms with Gasteiger partial charge in [0.25, 0.3) is 0 Å². The molecule has 0 bridgehead atoms. The Labute approximate surface area is 106 Å². The molecule has 0 fully saturated rings. The molecule has 17 heavy (non-hydrogen) atoms. The van der Waals surface area contributed by atoms with Crippen LogP contribution in [0.4, 0.5) is 0 Å². The molecule has 0 aromatic carbocycles. The molecule has 1 aromatic rings. The maximum atomic E-state index is 11.3. The Balaban J connectivity index is 3.20. The standard InChI is InChI=1S/C14H16O2S/c1-4-6-8-11(7-5-2)14-13(16)12(9-17-14)10(3)15/h4,6-9,16H,1,5H2,2-3H3/b8-6-,11-7+. The Morgan fingerprint density at radius 2 is 2.29 bits per heavy atom. The van der Waals surface area contributed by atoms with Gasteiger partial charge in [-0.1, -0.05) is 37.8 Å². The molecule has 2 nitrogen and oxygen atoms in total. The van der Waals surface area contributed by atoms with Gasteiger partial charge in [-0.15, -0.1) is 11.3 Å². The van der Waals surface area contributed by atoms with Crippen LogP contribution in [0, 0.1) is 0 Å². The Kier molecular flexibility index (Phi) is 4.91. The fourth-order valence-electron chi connectivity index (χ4n) is 1.43. The minimum absolute atomic E-state index is 0.0795. The quantitative estimate of drug-likeness (QED) is 0.626. The molecule has 1 N–H and O–H groups in total. The minimum Gasteiger partial charge on any atom is -0.506 e. The smallest absolute Gasteiger partial charge is 0.164 e. The highest BCUT2D eigenvalue weighted by Crippen LogP contribution is 2.36. The van der Waals surface area contributed by atoms with Gasteiger partial charge in [-0.05, 0) is 18.9 Å². The molecule has 0 saturated carbocycles. The molecular formula is C14H16O2S. The summed E-state index contributed by atoms with van der Waals surface area (Å²) in [5.74, 6) is -0.0375. The zero-order valence-electron chi connectivity index (χ0n) is 10.1. The van der Waals surface area contributed by atoms with Crippen LogP contribution >= 0.6 is 11.3 Å². The van der Waals surface area contributed by atoms with E-state index in [0.29, 0.717) is 5.56 Å². The first-order valence-corrected chi connectivity index (χ1v) is 6.30. The SMILES string of the molecule is C=C/C=C\C(=C/CC)c1scc(C(C)=O)c1O. The van der Waals surface area contributed by atoms with Gasteiger partial charge in [-0.25, -0.2) is 0 Å². The Bertz CT molecular complexity index is 478. The van der Waals surface area contributed by atoms with Gasteiger partial charge in [-0.2, -0.15) is 0 Å². The summed E-state index contributed by atoms with van der Waals surface area (Å²) in [6.07, 6.45) is 8.25. The van der Waals surface area contributed by atoms with Gasteiger partial charge in [0.05, 0.1) is 10.4 Å². The van der Waals surface area contributed by atoms with E-state index in [2.05, 4.69) is 6.58 Å². The van der Waals surface area contributed by atoms with Crippen molar-refractivity contribution in [2.45, 2.75) is 20.3 Å². The predicted octanol–water partition coefficient (Wildman–Crippen LogP) is 4.19. The number of carbonyl (C=O) groups is 1. The molecule has 1 heterocycles. The molecule has 0 unspecified atom stereocenters. The Morgan fingerprint density at radius 3 is 2.76 bits per heavy atom. The van der Waals surface area contributed by atoms with E-state index in [-0.39, 0.29) is 11.5 Å². The van der Waals surface area contributed by atoms with E-state index in [1.54, 1.807) is 11.5 Å². The van der Waals surface area contributed by atoms with E-state index in [0.717, 1.165) is 16.9 Å². The van der Waals surface area contributed by atoms with Crippen molar-refractivity contribution in [3.63, 3.8) is 0 Å². The van der Waals surface area contributed by atoms with E-state index >= 15 is 0 Å². The van der Waals surface area contributed by atoms with E-state index < -0.39 is 0 Å². The van der Waals surface area contributed by atoms with Gasteiger partial charge in [-0.3, -0.25) is 4.79 Å². The third-order valence-corrected chi connectivity index (χ3v) is 3.26. The van der Waals surface area contributed by atoms with E-state index in [4.69, 9.17) is 0 Å². The van der Waals surface area contributed by atoms with Crippen molar-refractivity contribution in [1.82, 2.24) is 0 Å². The lowest BCUT2D eigenvalue weighted by molar-refractivity contribution is 0.101. The molecule has 0 spiro atoms. The summed E-state index contributed by atoms with van der Waals surface area (Å²) in [5, 5.41) is 11.7. The summed E-state index contributed by atoms with van der Waals surface area (Å²) >= 11 is 1.38. The van der Waals surface area contributed by atoms with Crippen molar-refractivity contribution in [3.05, 3.63) is 46.7 Å². The molecule has 0 amide bonds. The summed E-state index contributed by atoms with van der Waals surface area (Å²) in [6.45, 7) is 7.09. The molecule has 0 aliphatic rings. The normalized spacial score (nSPS) is 12.0. The van der Waals surface area contributed by atoms with Crippen molar-refractivity contribution in [2.75, 3.05) is 0 Å². The monoisotopic (exact) mass is 248 g/mol. The molecule has 0 aliphatic carbocycles. The van der Waals surface area contributed by atoms with Crippen molar-refractivity contribution in [1.29, 1.82) is 0 Å². The van der Waals surface area contributed by atoms with Crippen LogP contribution in [0.2, 0.25) is 0 Å². The van der Waals surface area contributed by atoms with Crippen molar-refractivity contribution in [3.8, 4) is 5.75 Å². The molecule has 90 valence electrons. The van der Waals surface area contributed by atoms with Gasteiger partial charge in [0, 0.05) is 5.38 Å². The van der Waals surface area contributed by atoms with Crippen molar-refractivity contribution in [2.24, 2.45) is 0 Å². The van der Waals surface area contributed by atoms with Gasteiger partial charge >= 0.3 is 0 Å². The van der Waals surface area contributed by atoms with Crippen molar-refractivity contribution < 1.29 is 9.90 Å². The summed E-state index contributed by atoms with van der Waals surface area (Å²) in [5.41, 5.74) is 1.31. The number of rotatable bonds is 5. The van der Waals surface area contributed by atoms with Crippen LogP contribution in [0.15, 0.2) is 36.3 Å². The van der Waals surface area contributed by atoms with Crippen LogP contribution in [0.25, 0.3) is 5.57 Å². The Morgan fingerprint density at radius 1 is 1.59 bits per heavy atom. The van der Waals surface area contributed by atoms with E-state index in [9.17, 15) is 9.90 Å². The fourth-order valence-corrected chi connectivity index (χ4v) is 2.46. The second kappa shape index (κ2) is 6.21. The van der Waals surface area contributed by atoms with Gasteiger partial charge in [0.2, 0.25) is 0 Å². The number of ketones is 1. The minimum atomic E-state index is -0.117. The second-order valence-electron chi connectivity index (χ2n) is 3.55. The average Bonchev–Trinajstić information content (AvgIpc) is 2.66. The highest BCUT2D eigenvalue weighted by Gasteiger charge is 2.15.